The molecule has 2 heterocycles. The molecule has 1 aromatic carbocycles. The Morgan fingerprint density at radius 3 is 2.91 bits per heavy atom. The molecule has 1 aliphatic carbocycles. The van der Waals surface area contributed by atoms with Gasteiger partial charge in [-0.2, -0.15) is 0 Å². The molecule has 0 spiro atoms. The number of hydrogen-bond donors (Lipinski definition) is 1. The van der Waals surface area contributed by atoms with Gasteiger partial charge in [0.2, 0.25) is 0 Å². The number of nitrogens with zero attached hydrogens (tertiary/aromatic N) is 3. The van der Waals surface area contributed by atoms with Crippen LogP contribution >= 0.6 is 0 Å². The molecular formula is C18H20N4O. The predicted molar refractivity (Wildman–Crippen MR) is 89.3 cm³/mol. The highest BCUT2D eigenvalue weighted by Crippen LogP contribution is 2.29. The first-order chi connectivity index (χ1) is 11.2. The van der Waals surface area contributed by atoms with Crippen LogP contribution in [0.3, 0.4) is 0 Å². The van der Waals surface area contributed by atoms with E-state index in [2.05, 4.69) is 46.2 Å². The lowest BCUT2D eigenvalue weighted by Crippen LogP contribution is -2.27. The maximum Gasteiger partial charge on any atom is 0.272 e. The molecule has 0 unspecified atom stereocenters. The SMILES string of the molecule is Cc1cccc(CN(Cc2cc(=O)n3[nH]ccc3n2)C2CC2)c1. The van der Waals surface area contributed by atoms with Crippen LogP contribution in [0, 0.1) is 6.92 Å². The summed E-state index contributed by atoms with van der Waals surface area (Å²) >= 11 is 0. The first-order valence-electron chi connectivity index (χ1n) is 8.05. The van der Waals surface area contributed by atoms with E-state index in [4.69, 9.17) is 0 Å². The summed E-state index contributed by atoms with van der Waals surface area (Å²) in [5.74, 6) is 0. The van der Waals surface area contributed by atoms with Crippen molar-refractivity contribution in [3.8, 4) is 0 Å². The van der Waals surface area contributed by atoms with Gasteiger partial charge < -0.3 is 0 Å². The Bertz CT molecular complexity index is 891. The van der Waals surface area contributed by atoms with Crippen molar-refractivity contribution >= 4 is 5.65 Å². The second-order valence-electron chi connectivity index (χ2n) is 6.37. The predicted octanol–water partition coefficient (Wildman–Crippen LogP) is 2.50. The first kappa shape index (κ1) is 14.2. The second kappa shape index (κ2) is 5.66. The molecule has 1 saturated carbocycles. The second-order valence-corrected chi connectivity index (χ2v) is 6.37. The average Bonchev–Trinajstić information content (AvgIpc) is 3.25. The third-order valence-electron chi connectivity index (χ3n) is 4.33. The third-order valence-corrected chi connectivity index (χ3v) is 4.33. The number of rotatable bonds is 5. The van der Waals surface area contributed by atoms with Crippen molar-refractivity contribution in [1.29, 1.82) is 0 Å². The Morgan fingerprint density at radius 2 is 2.13 bits per heavy atom. The minimum absolute atomic E-state index is 0.0543. The van der Waals surface area contributed by atoms with E-state index in [1.807, 2.05) is 6.07 Å². The molecule has 0 amide bonds. The lowest BCUT2D eigenvalue weighted by molar-refractivity contribution is 0.242. The molecule has 23 heavy (non-hydrogen) atoms. The normalized spacial score (nSPS) is 14.7. The van der Waals surface area contributed by atoms with Crippen molar-refractivity contribution < 1.29 is 0 Å². The summed E-state index contributed by atoms with van der Waals surface area (Å²) in [5.41, 5.74) is 4.06. The maximum absolute atomic E-state index is 12.1. The van der Waals surface area contributed by atoms with Crippen molar-refractivity contribution in [1.82, 2.24) is 19.5 Å². The molecular weight excluding hydrogens is 288 g/mol. The van der Waals surface area contributed by atoms with Gasteiger partial charge >= 0.3 is 0 Å². The summed E-state index contributed by atoms with van der Waals surface area (Å²) in [5, 5.41) is 2.88. The molecule has 0 aliphatic heterocycles. The third kappa shape index (κ3) is 3.05. The number of aromatic nitrogens is 3. The van der Waals surface area contributed by atoms with Crippen molar-refractivity contribution in [3.05, 3.63) is 69.8 Å². The molecule has 5 heteroatoms. The fourth-order valence-corrected chi connectivity index (χ4v) is 3.07. The van der Waals surface area contributed by atoms with Crippen LogP contribution in [0.5, 0.6) is 0 Å². The molecule has 1 N–H and O–H groups in total. The highest BCUT2D eigenvalue weighted by molar-refractivity contribution is 5.36. The molecule has 2 aromatic heterocycles. The van der Waals surface area contributed by atoms with E-state index in [1.54, 1.807) is 12.3 Å². The van der Waals surface area contributed by atoms with E-state index in [1.165, 1.54) is 28.5 Å². The number of H-pyrrole nitrogens is 1. The Morgan fingerprint density at radius 1 is 1.26 bits per heavy atom. The molecule has 3 aromatic rings. The van der Waals surface area contributed by atoms with Gasteiger partial charge in [-0.1, -0.05) is 29.8 Å². The molecule has 0 radical (unpaired) electrons. The van der Waals surface area contributed by atoms with Crippen molar-refractivity contribution in [2.75, 3.05) is 0 Å². The van der Waals surface area contributed by atoms with Crippen LogP contribution in [0.1, 0.15) is 29.7 Å². The van der Waals surface area contributed by atoms with Gasteiger partial charge in [0.05, 0.1) is 5.69 Å². The lowest BCUT2D eigenvalue weighted by atomic mass is 10.1. The summed E-state index contributed by atoms with van der Waals surface area (Å²) in [6, 6.07) is 12.7. The van der Waals surface area contributed by atoms with Gasteiger partial charge in [-0.25, -0.2) is 9.50 Å². The maximum atomic E-state index is 12.1. The van der Waals surface area contributed by atoms with Gasteiger partial charge in [-0.15, -0.1) is 0 Å². The topological polar surface area (TPSA) is 53.4 Å². The molecule has 1 aliphatic rings. The van der Waals surface area contributed by atoms with Crippen LogP contribution < -0.4 is 5.56 Å². The van der Waals surface area contributed by atoms with Crippen LogP contribution in [0.2, 0.25) is 0 Å². The van der Waals surface area contributed by atoms with Gasteiger partial charge in [0.25, 0.3) is 5.56 Å². The Hall–Kier alpha value is -2.40. The standard InChI is InChI=1S/C18H20N4O/c1-13-3-2-4-14(9-13)11-21(16-5-6-16)12-15-10-18(23)22-17(20-15)7-8-19-22/h2-4,7-10,16,19H,5-6,11-12H2,1H3. The highest BCUT2D eigenvalue weighted by Gasteiger charge is 2.29. The van der Waals surface area contributed by atoms with E-state index >= 15 is 0 Å². The minimum atomic E-state index is -0.0543. The lowest BCUT2D eigenvalue weighted by Gasteiger charge is -2.21. The smallest absolute Gasteiger partial charge is 0.272 e. The number of aromatic amines is 1. The average molecular weight is 308 g/mol. The molecule has 118 valence electrons. The zero-order chi connectivity index (χ0) is 15.8. The number of benzene rings is 1. The Balaban J connectivity index is 1.59. The summed E-state index contributed by atoms with van der Waals surface area (Å²) < 4.78 is 1.46. The molecule has 5 nitrogen and oxygen atoms in total. The summed E-state index contributed by atoms with van der Waals surface area (Å²) in [6.07, 6.45) is 4.20. The largest absolute Gasteiger partial charge is 0.297 e. The zero-order valence-electron chi connectivity index (χ0n) is 13.2. The van der Waals surface area contributed by atoms with Crippen molar-refractivity contribution in [2.45, 2.75) is 38.9 Å². The van der Waals surface area contributed by atoms with Gasteiger partial charge in [0.1, 0.15) is 0 Å². The number of aryl methyl sites for hydroxylation is 1. The van der Waals surface area contributed by atoms with E-state index in [9.17, 15) is 4.79 Å². The molecule has 0 bridgehead atoms. The summed E-state index contributed by atoms with van der Waals surface area (Å²) in [7, 11) is 0. The van der Waals surface area contributed by atoms with Crippen LogP contribution in [-0.4, -0.2) is 25.5 Å². The summed E-state index contributed by atoms with van der Waals surface area (Å²) in [6.45, 7) is 3.74. The van der Waals surface area contributed by atoms with Gasteiger partial charge in [0, 0.05) is 37.5 Å². The zero-order valence-corrected chi connectivity index (χ0v) is 13.2. The Kier molecular flexibility index (Phi) is 3.50. The number of fused-ring (bicyclic) bond motifs is 1. The molecule has 4 rings (SSSR count). The molecule has 0 saturated heterocycles. The van der Waals surface area contributed by atoms with E-state index in [-0.39, 0.29) is 5.56 Å². The minimum Gasteiger partial charge on any atom is -0.297 e. The van der Waals surface area contributed by atoms with E-state index < -0.39 is 0 Å². The Labute approximate surface area is 134 Å². The fraction of sp³-hybridized carbons (Fsp3) is 0.333. The monoisotopic (exact) mass is 308 g/mol. The van der Waals surface area contributed by atoms with Gasteiger partial charge in [-0.05, 0) is 25.3 Å². The van der Waals surface area contributed by atoms with Gasteiger partial charge in [0.15, 0.2) is 5.65 Å². The van der Waals surface area contributed by atoms with Crippen molar-refractivity contribution in [3.63, 3.8) is 0 Å². The fourth-order valence-electron chi connectivity index (χ4n) is 3.07. The van der Waals surface area contributed by atoms with Crippen LogP contribution in [0.25, 0.3) is 5.65 Å². The molecule has 0 atom stereocenters. The van der Waals surface area contributed by atoms with E-state index in [0.29, 0.717) is 11.7 Å². The van der Waals surface area contributed by atoms with Crippen LogP contribution in [-0.2, 0) is 13.1 Å². The van der Waals surface area contributed by atoms with Crippen LogP contribution in [0.15, 0.2) is 47.4 Å². The molecule has 1 fully saturated rings. The highest BCUT2D eigenvalue weighted by atomic mass is 16.1. The van der Waals surface area contributed by atoms with Crippen LogP contribution in [0.4, 0.5) is 0 Å². The quantitative estimate of drug-likeness (QED) is 0.788. The number of nitrogens with one attached hydrogen (secondary N) is 1. The van der Waals surface area contributed by atoms with Gasteiger partial charge in [-0.3, -0.25) is 14.8 Å². The van der Waals surface area contributed by atoms with E-state index in [0.717, 1.165) is 18.8 Å². The van der Waals surface area contributed by atoms with Crippen molar-refractivity contribution in [2.24, 2.45) is 0 Å². The number of hydrogen-bond acceptors (Lipinski definition) is 3. The summed E-state index contributed by atoms with van der Waals surface area (Å²) in [4.78, 5) is 19.1. The first-order valence-corrected chi connectivity index (χ1v) is 8.05.